The number of nitrogens with zero attached hydrogens (tertiary/aromatic N) is 1. The van der Waals surface area contributed by atoms with Crippen molar-refractivity contribution < 1.29 is 28.5 Å². The number of methoxy groups -OCH3 is 1. The number of para-hydroxylation sites is 2. The summed E-state index contributed by atoms with van der Waals surface area (Å²) in [5.74, 6) is 0.983. The van der Waals surface area contributed by atoms with Crippen LogP contribution in [0.2, 0.25) is 0 Å². The molecule has 1 heterocycles. The van der Waals surface area contributed by atoms with E-state index in [-0.39, 0.29) is 6.42 Å². The van der Waals surface area contributed by atoms with E-state index in [2.05, 4.69) is 26.1 Å². The predicted octanol–water partition coefficient (Wildman–Crippen LogP) is 6.13. The zero-order chi connectivity index (χ0) is 30.7. The Morgan fingerprint density at radius 2 is 1.64 bits per heavy atom. The third-order valence-electron chi connectivity index (χ3n) is 7.31. The van der Waals surface area contributed by atoms with Gasteiger partial charge in [0.25, 0.3) is 5.91 Å². The molecule has 1 saturated heterocycles. The van der Waals surface area contributed by atoms with Crippen LogP contribution in [0.4, 0.5) is 0 Å². The summed E-state index contributed by atoms with van der Waals surface area (Å²) in [5.41, 5.74) is 3.10. The molecule has 8 nitrogen and oxygen atoms in total. The first-order valence-corrected chi connectivity index (χ1v) is 15.3. The Morgan fingerprint density at radius 1 is 0.909 bits per heavy atom. The number of hydrogen-bond acceptors (Lipinski definition) is 7. The zero-order valence-corrected chi connectivity index (χ0v) is 26.1. The summed E-state index contributed by atoms with van der Waals surface area (Å²) in [6, 6.07) is 29.7. The van der Waals surface area contributed by atoms with Gasteiger partial charge in [0.15, 0.2) is 0 Å². The molecule has 4 aromatic carbocycles. The zero-order valence-electron chi connectivity index (χ0n) is 24.5. The molecule has 1 atom stereocenters. The SMILES string of the molecule is COC(=O)C(Cc1ccc(-c2ccccc2Oc2ccccc2)cc1)NC(=O)c1cc(Br)ccc1OCCN1CCOCC1. The van der Waals surface area contributed by atoms with Gasteiger partial charge in [-0.1, -0.05) is 76.6 Å². The van der Waals surface area contributed by atoms with Crippen molar-refractivity contribution in [3.8, 4) is 28.4 Å². The molecule has 5 rings (SSSR count). The van der Waals surface area contributed by atoms with Crippen molar-refractivity contribution in [1.82, 2.24) is 10.2 Å². The Morgan fingerprint density at radius 3 is 2.39 bits per heavy atom. The highest BCUT2D eigenvalue weighted by molar-refractivity contribution is 9.10. The van der Waals surface area contributed by atoms with Gasteiger partial charge in [0.2, 0.25) is 0 Å². The minimum atomic E-state index is -0.896. The lowest BCUT2D eigenvalue weighted by Crippen LogP contribution is -2.43. The average molecular weight is 660 g/mol. The molecule has 1 unspecified atom stereocenters. The lowest BCUT2D eigenvalue weighted by molar-refractivity contribution is -0.142. The van der Waals surface area contributed by atoms with Crippen molar-refractivity contribution in [1.29, 1.82) is 0 Å². The highest BCUT2D eigenvalue weighted by atomic mass is 79.9. The van der Waals surface area contributed by atoms with E-state index < -0.39 is 17.9 Å². The van der Waals surface area contributed by atoms with Gasteiger partial charge in [-0.15, -0.1) is 0 Å². The lowest BCUT2D eigenvalue weighted by atomic mass is 9.99. The summed E-state index contributed by atoms with van der Waals surface area (Å²) in [7, 11) is 1.31. The maximum absolute atomic E-state index is 13.5. The second-order valence-electron chi connectivity index (χ2n) is 10.3. The first-order chi connectivity index (χ1) is 21.5. The molecule has 1 amide bonds. The highest BCUT2D eigenvalue weighted by Gasteiger charge is 2.25. The fourth-order valence-electron chi connectivity index (χ4n) is 4.95. The Bertz CT molecular complexity index is 1540. The fourth-order valence-corrected chi connectivity index (χ4v) is 5.31. The first kappa shape index (κ1) is 31.3. The number of nitrogens with one attached hydrogen (secondary N) is 1. The monoisotopic (exact) mass is 658 g/mol. The minimum absolute atomic E-state index is 0.252. The van der Waals surface area contributed by atoms with E-state index in [0.717, 1.165) is 52.3 Å². The molecule has 228 valence electrons. The van der Waals surface area contributed by atoms with Crippen LogP contribution in [-0.2, 0) is 20.7 Å². The third kappa shape index (κ3) is 8.47. The van der Waals surface area contributed by atoms with Crippen LogP contribution in [0.5, 0.6) is 17.2 Å². The number of carbonyl (C=O) groups is 2. The molecule has 0 saturated carbocycles. The van der Waals surface area contributed by atoms with Crippen LogP contribution in [0.15, 0.2) is 102 Å². The topological polar surface area (TPSA) is 86.3 Å². The standard InChI is InChI=1S/C35H35BrN2O6/c1-41-35(40)31(37-34(39)30-24-27(36)15-16-32(30)43-22-19-38-17-20-42-21-18-38)23-25-11-13-26(14-12-25)29-9-5-6-10-33(29)44-28-7-3-2-4-8-28/h2-16,24,31H,17-23H2,1H3,(H,37,39). The van der Waals surface area contributed by atoms with Crippen LogP contribution in [0, 0.1) is 0 Å². The summed E-state index contributed by atoms with van der Waals surface area (Å²) < 4.78 is 23.3. The van der Waals surface area contributed by atoms with Gasteiger partial charge in [-0.3, -0.25) is 9.69 Å². The van der Waals surface area contributed by atoms with Gasteiger partial charge in [-0.25, -0.2) is 4.79 Å². The van der Waals surface area contributed by atoms with Crippen LogP contribution >= 0.6 is 15.9 Å². The maximum atomic E-state index is 13.5. The van der Waals surface area contributed by atoms with E-state index in [4.69, 9.17) is 18.9 Å². The van der Waals surface area contributed by atoms with Crippen LogP contribution in [0.25, 0.3) is 11.1 Å². The number of rotatable bonds is 12. The predicted molar refractivity (Wildman–Crippen MR) is 172 cm³/mol. The van der Waals surface area contributed by atoms with Crippen LogP contribution in [-0.4, -0.2) is 69.4 Å². The van der Waals surface area contributed by atoms with Gasteiger partial charge >= 0.3 is 5.97 Å². The van der Waals surface area contributed by atoms with Gasteiger partial charge in [-0.05, 0) is 47.5 Å². The summed E-state index contributed by atoms with van der Waals surface area (Å²) in [6.45, 7) is 4.27. The molecule has 0 bridgehead atoms. The molecule has 0 radical (unpaired) electrons. The fraction of sp³-hybridized carbons (Fsp3) is 0.257. The number of carbonyl (C=O) groups excluding carboxylic acids is 2. The number of amides is 1. The van der Waals surface area contributed by atoms with Crippen molar-refractivity contribution in [3.63, 3.8) is 0 Å². The van der Waals surface area contributed by atoms with Crippen molar-refractivity contribution in [2.75, 3.05) is 46.6 Å². The number of hydrogen-bond donors (Lipinski definition) is 1. The Balaban J connectivity index is 1.27. The molecule has 1 aliphatic heterocycles. The van der Waals surface area contributed by atoms with E-state index in [1.54, 1.807) is 12.1 Å². The van der Waals surface area contributed by atoms with Gasteiger partial charge < -0.3 is 24.3 Å². The summed E-state index contributed by atoms with van der Waals surface area (Å²) in [6.07, 6.45) is 0.252. The molecule has 0 aromatic heterocycles. The molecule has 0 aliphatic carbocycles. The Labute approximate surface area is 266 Å². The summed E-state index contributed by atoms with van der Waals surface area (Å²) in [5, 5.41) is 2.86. The molecule has 1 fully saturated rings. The average Bonchev–Trinajstić information content (AvgIpc) is 3.06. The van der Waals surface area contributed by atoms with Gasteiger partial charge in [0, 0.05) is 36.1 Å². The van der Waals surface area contributed by atoms with E-state index >= 15 is 0 Å². The van der Waals surface area contributed by atoms with Crippen molar-refractivity contribution in [2.24, 2.45) is 0 Å². The quantitative estimate of drug-likeness (QED) is 0.183. The minimum Gasteiger partial charge on any atom is -0.491 e. The number of morpholine rings is 1. The van der Waals surface area contributed by atoms with Crippen LogP contribution in [0.3, 0.4) is 0 Å². The molecular formula is C35H35BrN2O6. The first-order valence-electron chi connectivity index (χ1n) is 14.5. The third-order valence-corrected chi connectivity index (χ3v) is 7.80. The summed E-state index contributed by atoms with van der Waals surface area (Å²) >= 11 is 3.45. The van der Waals surface area contributed by atoms with Crippen molar-refractivity contribution >= 4 is 27.8 Å². The second-order valence-corrected chi connectivity index (χ2v) is 11.2. The largest absolute Gasteiger partial charge is 0.491 e. The van der Waals surface area contributed by atoms with Crippen LogP contribution in [0.1, 0.15) is 15.9 Å². The maximum Gasteiger partial charge on any atom is 0.328 e. The van der Waals surface area contributed by atoms with E-state index in [1.807, 2.05) is 84.9 Å². The van der Waals surface area contributed by atoms with E-state index in [1.165, 1.54) is 7.11 Å². The molecule has 44 heavy (non-hydrogen) atoms. The number of benzene rings is 4. The molecular weight excluding hydrogens is 624 g/mol. The molecule has 1 aliphatic rings. The normalized spacial score (nSPS) is 14.0. The molecule has 4 aromatic rings. The van der Waals surface area contributed by atoms with Gasteiger partial charge in [-0.2, -0.15) is 0 Å². The molecule has 9 heteroatoms. The Hall–Kier alpha value is -4.18. The second kappa shape index (κ2) is 15.5. The van der Waals surface area contributed by atoms with Crippen molar-refractivity contribution in [3.05, 3.63) is 113 Å². The van der Waals surface area contributed by atoms with Gasteiger partial charge in [0.1, 0.15) is 29.9 Å². The highest BCUT2D eigenvalue weighted by Crippen LogP contribution is 2.33. The van der Waals surface area contributed by atoms with E-state index in [9.17, 15) is 9.59 Å². The summed E-state index contributed by atoms with van der Waals surface area (Å²) in [4.78, 5) is 28.5. The number of esters is 1. The lowest BCUT2D eigenvalue weighted by Gasteiger charge is -2.26. The molecule has 0 spiro atoms. The Kier molecular flexibility index (Phi) is 11.0. The number of halogens is 1. The smallest absolute Gasteiger partial charge is 0.328 e. The van der Waals surface area contributed by atoms with Crippen LogP contribution < -0.4 is 14.8 Å². The molecule has 1 N–H and O–H groups in total. The van der Waals surface area contributed by atoms with E-state index in [0.29, 0.717) is 31.1 Å². The number of ether oxygens (including phenoxy) is 4. The van der Waals surface area contributed by atoms with Crippen molar-refractivity contribution in [2.45, 2.75) is 12.5 Å². The van der Waals surface area contributed by atoms with Gasteiger partial charge in [0.05, 0.1) is 25.9 Å².